The molecule has 1 heterocycles. The molecule has 1 aliphatic rings. The molecule has 0 saturated carbocycles. The molecular weight excluding hydrogens is 154 g/mol. The van der Waals surface area contributed by atoms with Crippen molar-refractivity contribution in [2.75, 3.05) is 0 Å². The van der Waals surface area contributed by atoms with Crippen LogP contribution in [0.1, 0.15) is 12.8 Å². The fourth-order valence-electron chi connectivity index (χ4n) is 1.19. The Morgan fingerprint density at radius 3 is 2.75 bits per heavy atom. The Hall–Kier alpha value is -1.38. The molecule has 12 heavy (non-hydrogen) atoms. The first kappa shape index (κ1) is 8.71. The summed E-state index contributed by atoms with van der Waals surface area (Å²) in [5.41, 5.74) is 0.681. The molecule has 1 saturated heterocycles. The fourth-order valence-corrected chi connectivity index (χ4v) is 1.19. The number of imide groups is 1. The van der Waals surface area contributed by atoms with Crippen LogP contribution in [0.25, 0.3) is 0 Å². The van der Waals surface area contributed by atoms with Crippen LogP contribution in [0.5, 0.6) is 0 Å². The van der Waals surface area contributed by atoms with Gasteiger partial charge in [0.25, 0.3) is 0 Å². The summed E-state index contributed by atoms with van der Waals surface area (Å²) in [7, 11) is 0. The van der Waals surface area contributed by atoms with Crippen molar-refractivity contribution < 1.29 is 9.59 Å². The number of rotatable bonds is 2. The molecule has 1 N–H and O–H groups in total. The van der Waals surface area contributed by atoms with E-state index in [0.717, 1.165) is 0 Å². The summed E-state index contributed by atoms with van der Waals surface area (Å²) in [5.74, 6) is -0.718. The van der Waals surface area contributed by atoms with Gasteiger partial charge in [0.05, 0.1) is 5.92 Å². The van der Waals surface area contributed by atoms with Gasteiger partial charge in [-0.2, -0.15) is 0 Å². The second kappa shape index (κ2) is 3.34. The molecule has 0 radical (unpaired) electrons. The summed E-state index contributed by atoms with van der Waals surface area (Å²) in [4.78, 5) is 21.9. The van der Waals surface area contributed by atoms with E-state index in [0.29, 0.717) is 18.4 Å². The third-order valence-electron chi connectivity index (χ3n) is 1.95. The van der Waals surface area contributed by atoms with Crippen LogP contribution >= 0.6 is 0 Å². The molecule has 1 unspecified atom stereocenters. The predicted molar refractivity (Wildman–Crippen MR) is 45.2 cm³/mol. The van der Waals surface area contributed by atoms with E-state index in [2.05, 4.69) is 18.5 Å². The first-order valence-electron chi connectivity index (χ1n) is 3.80. The smallest absolute Gasteiger partial charge is 0.234 e. The first-order valence-corrected chi connectivity index (χ1v) is 3.80. The summed E-state index contributed by atoms with van der Waals surface area (Å²) in [6.07, 6.45) is 2.50. The number of carbonyl (C=O) groups excluding carboxylic acids is 2. The summed E-state index contributed by atoms with van der Waals surface area (Å²) in [5, 5.41) is 2.26. The number of allylic oxidation sites excluding steroid dienone is 1. The Morgan fingerprint density at radius 1 is 1.58 bits per heavy atom. The lowest BCUT2D eigenvalue weighted by Crippen LogP contribution is -2.41. The lowest BCUT2D eigenvalue weighted by molar-refractivity contribution is -0.135. The zero-order chi connectivity index (χ0) is 9.14. The second-order valence-electron chi connectivity index (χ2n) is 2.78. The van der Waals surface area contributed by atoms with Crippen LogP contribution in [0.15, 0.2) is 24.8 Å². The molecule has 3 nitrogen and oxygen atoms in total. The van der Waals surface area contributed by atoms with Crippen LogP contribution in [0, 0.1) is 5.92 Å². The minimum absolute atomic E-state index is 0.201. The normalized spacial score (nSPS) is 23.2. The first-order chi connectivity index (χ1) is 5.65. The van der Waals surface area contributed by atoms with Gasteiger partial charge in [0.15, 0.2) is 0 Å². The van der Waals surface area contributed by atoms with Crippen molar-refractivity contribution in [3.05, 3.63) is 24.8 Å². The van der Waals surface area contributed by atoms with Gasteiger partial charge in [0, 0.05) is 6.42 Å². The van der Waals surface area contributed by atoms with Gasteiger partial charge in [-0.05, 0) is 12.0 Å². The van der Waals surface area contributed by atoms with Crippen molar-refractivity contribution in [3.63, 3.8) is 0 Å². The maximum Gasteiger partial charge on any atom is 0.234 e. The number of hydrogen-bond donors (Lipinski definition) is 1. The third-order valence-corrected chi connectivity index (χ3v) is 1.95. The third kappa shape index (κ3) is 1.61. The van der Waals surface area contributed by atoms with E-state index in [1.807, 2.05) is 0 Å². The number of amides is 2. The van der Waals surface area contributed by atoms with Crippen LogP contribution in [-0.2, 0) is 9.59 Å². The summed E-state index contributed by atoms with van der Waals surface area (Å²) in [6, 6.07) is 0. The van der Waals surface area contributed by atoms with Crippen molar-refractivity contribution in [1.82, 2.24) is 5.32 Å². The average molecular weight is 165 g/mol. The van der Waals surface area contributed by atoms with E-state index >= 15 is 0 Å². The van der Waals surface area contributed by atoms with E-state index in [4.69, 9.17) is 0 Å². The van der Waals surface area contributed by atoms with Crippen LogP contribution in [-0.4, -0.2) is 11.8 Å². The lowest BCUT2D eigenvalue weighted by Gasteiger charge is -2.20. The van der Waals surface area contributed by atoms with E-state index in [-0.39, 0.29) is 17.7 Å². The van der Waals surface area contributed by atoms with Gasteiger partial charge in [0.2, 0.25) is 11.8 Å². The predicted octanol–water partition coefficient (Wildman–Crippen LogP) is 0.781. The summed E-state index contributed by atoms with van der Waals surface area (Å²) < 4.78 is 0. The molecule has 0 aliphatic carbocycles. The number of carbonyl (C=O) groups is 2. The molecule has 0 aromatic heterocycles. The summed E-state index contributed by atoms with van der Waals surface area (Å²) in [6.45, 7) is 7.21. The van der Waals surface area contributed by atoms with Crippen molar-refractivity contribution >= 4 is 11.8 Å². The maximum absolute atomic E-state index is 11.2. The minimum Gasteiger partial charge on any atom is -0.296 e. The van der Waals surface area contributed by atoms with Crippen LogP contribution in [0.2, 0.25) is 0 Å². The molecular formula is C9H11NO2. The Labute approximate surface area is 71.1 Å². The standard InChI is InChI=1S/C9H11NO2/c1-3-6(2)7-4-5-8(11)10-9(7)12/h3,7H,1-2,4-5H2,(H,10,11,12). The van der Waals surface area contributed by atoms with Gasteiger partial charge in [-0.1, -0.05) is 19.2 Å². The average Bonchev–Trinajstić information content (AvgIpc) is 2.03. The van der Waals surface area contributed by atoms with Crippen molar-refractivity contribution in [1.29, 1.82) is 0 Å². The highest BCUT2D eigenvalue weighted by Crippen LogP contribution is 2.19. The molecule has 0 aromatic carbocycles. The molecule has 3 heteroatoms. The lowest BCUT2D eigenvalue weighted by atomic mass is 9.91. The van der Waals surface area contributed by atoms with Gasteiger partial charge in [-0.3, -0.25) is 14.9 Å². The molecule has 64 valence electrons. The molecule has 1 aliphatic heterocycles. The number of piperidine rings is 1. The Balaban J connectivity index is 2.68. The van der Waals surface area contributed by atoms with Gasteiger partial charge in [-0.15, -0.1) is 0 Å². The Kier molecular flexibility index (Phi) is 2.43. The minimum atomic E-state index is -0.264. The van der Waals surface area contributed by atoms with Crippen LogP contribution in [0.3, 0.4) is 0 Å². The van der Waals surface area contributed by atoms with Gasteiger partial charge < -0.3 is 0 Å². The van der Waals surface area contributed by atoms with E-state index in [1.165, 1.54) is 0 Å². The van der Waals surface area contributed by atoms with Crippen molar-refractivity contribution in [2.24, 2.45) is 5.92 Å². The van der Waals surface area contributed by atoms with Gasteiger partial charge in [0.1, 0.15) is 0 Å². The van der Waals surface area contributed by atoms with E-state index in [1.54, 1.807) is 6.08 Å². The van der Waals surface area contributed by atoms with E-state index < -0.39 is 0 Å². The Bertz CT molecular complexity index is 255. The SMILES string of the molecule is C=CC(=C)C1CCC(=O)NC1=O. The molecule has 1 atom stereocenters. The van der Waals surface area contributed by atoms with Crippen LogP contribution in [0.4, 0.5) is 0 Å². The topological polar surface area (TPSA) is 46.2 Å². The van der Waals surface area contributed by atoms with Gasteiger partial charge in [-0.25, -0.2) is 0 Å². The zero-order valence-electron chi connectivity index (χ0n) is 6.80. The molecule has 0 bridgehead atoms. The second-order valence-corrected chi connectivity index (χ2v) is 2.78. The monoisotopic (exact) mass is 165 g/mol. The van der Waals surface area contributed by atoms with Crippen LogP contribution < -0.4 is 5.32 Å². The molecule has 1 rings (SSSR count). The molecule has 1 fully saturated rings. The highest BCUT2D eigenvalue weighted by atomic mass is 16.2. The fraction of sp³-hybridized carbons (Fsp3) is 0.333. The highest BCUT2D eigenvalue weighted by Gasteiger charge is 2.27. The summed E-state index contributed by atoms with van der Waals surface area (Å²) >= 11 is 0. The Morgan fingerprint density at radius 2 is 2.25 bits per heavy atom. The number of hydrogen-bond acceptors (Lipinski definition) is 2. The molecule has 0 aromatic rings. The van der Waals surface area contributed by atoms with E-state index in [9.17, 15) is 9.59 Å². The van der Waals surface area contributed by atoms with Gasteiger partial charge >= 0.3 is 0 Å². The molecule has 2 amide bonds. The largest absolute Gasteiger partial charge is 0.296 e. The number of nitrogens with one attached hydrogen (secondary N) is 1. The quantitative estimate of drug-likeness (QED) is 0.485. The maximum atomic E-state index is 11.2. The van der Waals surface area contributed by atoms with Crippen molar-refractivity contribution in [3.8, 4) is 0 Å². The van der Waals surface area contributed by atoms with Crippen molar-refractivity contribution in [2.45, 2.75) is 12.8 Å². The molecule has 0 spiro atoms. The zero-order valence-corrected chi connectivity index (χ0v) is 6.80. The highest BCUT2D eigenvalue weighted by molar-refractivity contribution is 6.00.